The minimum atomic E-state index is -0.0499. The molecule has 0 radical (unpaired) electrons. The molecule has 0 aliphatic heterocycles. The number of carbonyl (C=O) groups excluding carboxylic acids is 1. The first-order valence-electron chi connectivity index (χ1n) is 7.03. The van der Waals surface area contributed by atoms with Crippen LogP contribution in [-0.4, -0.2) is 12.9 Å². The maximum atomic E-state index is 12.6. The molecule has 3 heteroatoms. The van der Waals surface area contributed by atoms with E-state index in [9.17, 15) is 4.79 Å². The van der Waals surface area contributed by atoms with Gasteiger partial charge in [-0.1, -0.05) is 30.3 Å². The molecular formula is C19H16O3. The number of benzene rings is 2. The highest BCUT2D eigenvalue weighted by Crippen LogP contribution is 2.27. The number of ether oxygens (including phenoxy) is 1. The second-order valence-corrected chi connectivity index (χ2v) is 5.00. The van der Waals surface area contributed by atoms with Crippen molar-refractivity contribution in [3.8, 4) is 17.1 Å². The number of furan rings is 1. The molecule has 0 bridgehead atoms. The Balaban J connectivity index is 1.94. The van der Waals surface area contributed by atoms with E-state index in [1.165, 1.54) is 0 Å². The molecule has 0 aliphatic carbocycles. The Morgan fingerprint density at radius 2 is 1.68 bits per heavy atom. The Bertz CT molecular complexity index is 783. The van der Waals surface area contributed by atoms with Crippen molar-refractivity contribution in [2.45, 2.75) is 6.92 Å². The number of aryl methyl sites for hydroxylation is 1. The van der Waals surface area contributed by atoms with E-state index >= 15 is 0 Å². The average Bonchev–Trinajstić information content (AvgIpc) is 2.97. The van der Waals surface area contributed by atoms with Gasteiger partial charge in [0, 0.05) is 11.1 Å². The summed E-state index contributed by atoms with van der Waals surface area (Å²) in [5.41, 5.74) is 2.16. The van der Waals surface area contributed by atoms with Crippen LogP contribution in [0.1, 0.15) is 21.7 Å². The zero-order valence-corrected chi connectivity index (χ0v) is 12.5. The molecule has 22 heavy (non-hydrogen) atoms. The molecule has 0 N–H and O–H groups in total. The number of methoxy groups -OCH3 is 1. The predicted octanol–water partition coefficient (Wildman–Crippen LogP) is 4.49. The van der Waals surface area contributed by atoms with Gasteiger partial charge in [-0.2, -0.15) is 0 Å². The highest BCUT2D eigenvalue weighted by Gasteiger charge is 2.17. The fraction of sp³-hybridized carbons (Fsp3) is 0.105. The molecule has 3 rings (SSSR count). The van der Waals surface area contributed by atoms with Crippen molar-refractivity contribution in [3.05, 3.63) is 77.6 Å². The summed E-state index contributed by atoms with van der Waals surface area (Å²) >= 11 is 0. The van der Waals surface area contributed by atoms with Crippen LogP contribution < -0.4 is 4.74 Å². The average molecular weight is 292 g/mol. The molecule has 0 saturated carbocycles. The molecule has 2 aromatic carbocycles. The van der Waals surface area contributed by atoms with Gasteiger partial charge in [-0.3, -0.25) is 4.79 Å². The molecule has 3 aromatic rings. The molecule has 0 aliphatic rings. The van der Waals surface area contributed by atoms with Gasteiger partial charge in [0.25, 0.3) is 0 Å². The lowest BCUT2D eigenvalue weighted by Crippen LogP contribution is -2.01. The van der Waals surface area contributed by atoms with Crippen LogP contribution in [0.5, 0.6) is 5.75 Å². The van der Waals surface area contributed by atoms with E-state index in [-0.39, 0.29) is 5.78 Å². The van der Waals surface area contributed by atoms with Crippen molar-refractivity contribution in [2.75, 3.05) is 7.11 Å². The van der Waals surface area contributed by atoms with E-state index in [1.54, 1.807) is 37.4 Å². The maximum absolute atomic E-state index is 12.6. The van der Waals surface area contributed by atoms with Crippen LogP contribution in [-0.2, 0) is 0 Å². The largest absolute Gasteiger partial charge is 0.497 e. The van der Waals surface area contributed by atoms with Gasteiger partial charge < -0.3 is 9.15 Å². The van der Waals surface area contributed by atoms with Crippen LogP contribution in [0.15, 0.2) is 65.1 Å². The molecule has 1 aromatic heterocycles. The highest BCUT2D eigenvalue weighted by atomic mass is 16.5. The summed E-state index contributed by atoms with van der Waals surface area (Å²) < 4.78 is 10.9. The van der Waals surface area contributed by atoms with Gasteiger partial charge in [-0.15, -0.1) is 0 Å². The number of ketones is 1. The molecule has 0 saturated heterocycles. The van der Waals surface area contributed by atoms with Gasteiger partial charge in [-0.05, 0) is 37.3 Å². The third kappa shape index (κ3) is 2.66. The summed E-state index contributed by atoms with van der Waals surface area (Å²) in [4.78, 5) is 12.6. The first-order chi connectivity index (χ1) is 10.7. The zero-order valence-electron chi connectivity index (χ0n) is 12.5. The van der Waals surface area contributed by atoms with Gasteiger partial charge in [-0.25, -0.2) is 0 Å². The van der Waals surface area contributed by atoms with E-state index in [0.717, 1.165) is 11.3 Å². The number of hydrogen-bond donors (Lipinski definition) is 0. The number of carbonyl (C=O) groups is 1. The third-order valence-corrected chi connectivity index (χ3v) is 3.57. The van der Waals surface area contributed by atoms with Gasteiger partial charge >= 0.3 is 0 Å². The Morgan fingerprint density at radius 1 is 1.00 bits per heavy atom. The van der Waals surface area contributed by atoms with E-state index < -0.39 is 0 Å². The minimum absolute atomic E-state index is 0.0499. The number of hydrogen-bond acceptors (Lipinski definition) is 3. The summed E-state index contributed by atoms with van der Waals surface area (Å²) in [7, 11) is 1.60. The normalized spacial score (nSPS) is 10.5. The van der Waals surface area contributed by atoms with Crippen LogP contribution >= 0.6 is 0 Å². The van der Waals surface area contributed by atoms with Crippen molar-refractivity contribution in [2.24, 2.45) is 0 Å². The second kappa shape index (κ2) is 5.90. The molecule has 3 nitrogen and oxygen atoms in total. The van der Waals surface area contributed by atoms with Gasteiger partial charge in [0.15, 0.2) is 5.78 Å². The van der Waals surface area contributed by atoms with E-state index in [0.29, 0.717) is 22.6 Å². The van der Waals surface area contributed by atoms with E-state index in [1.807, 2.05) is 37.3 Å². The topological polar surface area (TPSA) is 39.4 Å². The van der Waals surface area contributed by atoms with Crippen molar-refractivity contribution in [3.63, 3.8) is 0 Å². The van der Waals surface area contributed by atoms with Crippen molar-refractivity contribution < 1.29 is 13.9 Å². The first kappa shape index (κ1) is 14.1. The molecule has 0 unspecified atom stereocenters. The minimum Gasteiger partial charge on any atom is -0.497 e. The van der Waals surface area contributed by atoms with Crippen molar-refractivity contribution in [1.29, 1.82) is 0 Å². The maximum Gasteiger partial charge on any atom is 0.196 e. The SMILES string of the molecule is COc1ccc(C(=O)c2cc(-c3ccccc3)oc2C)cc1. The van der Waals surface area contributed by atoms with Crippen LogP contribution in [0.2, 0.25) is 0 Å². The van der Waals surface area contributed by atoms with Gasteiger partial charge in [0.2, 0.25) is 0 Å². The summed E-state index contributed by atoms with van der Waals surface area (Å²) in [5.74, 6) is 2.01. The molecule has 0 fully saturated rings. The predicted molar refractivity (Wildman–Crippen MR) is 85.3 cm³/mol. The Labute approximate surface area is 129 Å². The van der Waals surface area contributed by atoms with Crippen LogP contribution in [0.4, 0.5) is 0 Å². The second-order valence-electron chi connectivity index (χ2n) is 5.00. The molecular weight excluding hydrogens is 276 g/mol. The summed E-state index contributed by atoms with van der Waals surface area (Å²) in [6, 6.07) is 18.6. The fourth-order valence-electron chi connectivity index (χ4n) is 2.35. The van der Waals surface area contributed by atoms with E-state index in [2.05, 4.69) is 0 Å². The molecule has 1 heterocycles. The van der Waals surface area contributed by atoms with E-state index in [4.69, 9.17) is 9.15 Å². The quantitative estimate of drug-likeness (QED) is 0.665. The van der Waals surface area contributed by atoms with Crippen molar-refractivity contribution >= 4 is 5.78 Å². The summed E-state index contributed by atoms with van der Waals surface area (Å²) in [5, 5.41) is 0. The zero-order chi connectivity index (χ0) is 15.5. The lowest BCUT2D eigenvalue weighted by Gasteiger charge is -2.01. The smallest absolute Gasteiger partial charge is 0.196 e. The molecule has 0 amide bonds. The van der Waals surface area contributed by atoms with Crippen LogP contribution in [0.25, 0.3) is 11.3 Å². The highest BCUT2D eigenvalue weighted by molar-refractivity contribution is 6.10. The lowest BCUT2D eigenvalue weighted by molar-refractivity contribution is 0.103. The fourth-order valence-corrected chi connectivity index (χ4v) is 2.35. The molecule has 0 atom stereocenters. The standard InChI is InChI=1S/C19H16O3/c1-13-17(12-18(22-13)14-6-4-3-5-7-14)19(20)15-8-10-16(21-2)11-9-15/h3-12H,1-2H3. The molecule has 110 valence electrons. The Hall–Kier alpha value is -2.81. The third-order valence-electron chi connectivity index (χ3n) is 3.57. The lowest BCUT2D eigenvalue weighted by atomic mass is 10.0. The molecule has 0 spiro atoms. The summed E-state index contributed by atoms with van der Waals surface area (Å²) in [6.45, 7) is 1.81. The van der Waals surface area contributed by atoms with Gasteiger partial charge in [0.05, 0.1) is 12.7 Å². The van der Waals surface area contributed by atoms with Crippen molar-refractivity contribution in [1.82, 2.24) is 0 Å². The Morgan fingerprint density at radius 3 is 2.32 bits per heavy atom. The number of rotatable bonds is 4. The monoisotopic (exact) mass is 292 g/mol. The first-order valence-corrected chi connectivity index (χ1v) is 7.03. The van der Waals surface area contributed by atoms with Crippen LogP contribution in [0.3, 0.4) is 0 Å². The Kier molecular flexibility index (Phi) is 3.79. The van der Waals surface area contributed by atoms with Crippen LogP contribution in [0, 0.1) is 6.92 Å². The van der Waals surface area contributed by atoms with Gasteiger partial charge in [0.1, 0.15) is 17.3 Å². The summed E-state index contributed by atoms with van der Waals surface area (Å²) in [6.07, 6.45) is 0.